The van der Waals surface area contributed by atoms with E-state index in [0.29, 0.717) is 12.3 Å². The zero-order valence-corrected chi connectivity index (χ0v) is 11.1. The second-order valence-corrected chi connectivity index (χ2v) is 5.19. The molecule has 2 atom stereocenters. The molecule has 0 aliphatic heterocycles. The fourth-order valence-electron chi connectivity index (χ4n) is 2.98. The predicted octanol–water partition coefficient (Wildman–Crippen LogP) is 2.58. The first kappa shape index (κ1) is 13.5. The first-order valence-electron chi connectivity index (χ1n) is 6.92. The number of pyridine rings is 1. The fourth-order valence-corrected chi connectivity index (χ4v) is 2.98. The Morgan fingerprint density at radius 2 is 2.11 bits per heavy atom. The highest BCUT2D eigenvalue weighted by atomic mass is 16.5. The minimum Gasteiger partial charge on any atom is -0.390 e. The highest BCUT2D eigenvalue weighted by molar-refractivity contribution is 5.05. The van der Waals surface area contributed by atoms with Gasteiger partial charge in [-0.25, -0.2) is 0 Å². The predicted molar refractivity (Wildman–Crippen MR) is 71.3 cm³/mol. The Kier molecular flexibility index (Phi) is 5.14. The van der Waals surface area contributed by atoms with Crippen LogP contribution in [0.2, 0.25) is 0 Å². The van der Waals surface area contributed by atoms with Crippen molar-refractivity contribution in [1.29, 1.82) is 0 Å². The van der Waals surface area contributed by atoms with E-state index >= 15 is 0 Å². The van der Waals surface area contributed by atoms with Gasteiger partial charge in [-0.05, 0) is 30.9 Å². The van der Waals surface area contributed by atoms with E-state index in [-0.39, 0.29) is 6.10 Å². The van der Waals surface area contributed by atoms with Gasteiger partial charge >= 0.3 is 0 Å². The number of methoxy groups -OCH3 is 1. The van der Waals surface area contributed by atoms with E-state index in [9.17, 15) is 5.11 Å². The lowest BCUT2D eigenvalue weighted by Crippen LogP contribution is -2.37. The van der Waals surface area contributed by atoms with Crippen molar-refractivity contribution in [2.45, 2.75) is 50.7 Å². The molecule has 3 heteroatoms. The summed E-state index contributed by atoms with van der Waals surface area (Å²) in [6, 6.07) is 5.80. The van der Waals surface area contributed by atoms with Crippen molar-refractivity contribution >= 4 is 0 Å². The minimum atomic E-state index is -0.451. The number of hydrogen-bond donors (Lipinski definition) is 1. The van der Waals surface area contributed by atoms with Gasteiger partial charge in [0.25, 0.3) is 0 Å². The molecule has 1 aliphatic rings. The van der Waals surface area contributed by atoms with Crippen LogP contribution in [0.25, 0.3) is 0 Å². The molecule has 0 aromatic carbocycles. The van der Waals surface area contributed by atoms with Crippen LogP contribution >= 0.6 is 0 Å². The van der Waals surface area contributed by atoms with E-state index in [1.165, 1.54) is 32.1 Å². The molecule has 18 heavy (non-hydrogen) atoms. The number of aromatic nitrogens is 1. The monoisotopic (exact) mass is 249 g/mol. The summed E-state index contributed by atoms with van der Waals surface area (Å²) in [5.74, 6) is 0.502. The lowest BCUT2D eigenvalue weighted by atomic mass is 9.82. The van der Waals surface area contributed by atoms with Gasteiger partial charge in [0.05, 0.1) is 12.2 Å². The molecule has 1 heterocycles. The molecule has 1 aromatic rings. The summed E-state index contributed by atoms with van der Waals surface area (Å²) in [7, 11) is 1.71. The number of nitrogens with zero attached hydrogens (tertiary/aromatic N) is 1. The summed E-state index contributed by atoms with van der Waals surface area (Å²) in [6.45, 7) is 0. The molecule has 1 aromatic heterocycles. The Hall–Kier alpha value is -0.930. The number of rotatable bonds is 5. The van der Waals surface area contributed by atoms with E-state index in [0.717, 1.165) is 5.69 Å². The summed E-state index contributed by atoms with van der Waals surface area (Å²) in [5, 5.41) is 10.3. The molecule has 0 saturated heterocycles. The summed E-state index contributed by atoms with van der Waals surface area (Å²) in [5.41, 5.74) is 0.933. The van der Waals surface area contributed by atoms with Crippen LogP contribution in [0.3, 0.4) is 0 Å². The third-order valence-corrected chi connectivity index (χ3v) is 3.91. The Bertz CT molecular complexity index is 336. The van der Waals surface area contributed by atoms with Gasteiger partial charge in [0, 0.05) is 25.4 Å². The highest BCUT2D eigenvalue weighted by Crippen LogP contribution is 2.29. The second kappa shape index (κ2) is 6.86. The molecule has 1 N–H and O–H groups in total. The van der Waals surface area contributed by atoms with Crippen molar-refractivity contribution in [3.63, 3.8) is 0 Å². The van der Waals surface area contributed by atoms with Crippen LogP contribution in [-0.4, -0.2) is 29.4 Å². The SMILES string of the molecule is COC(C(O)Cc1ccccn1)C1CCCCC1. The molecule has 1 aliphatic carbocycles. The van der Waals surface area contributed by atoms with Crippen molar-refractivity contribution in [3.8, 4) is 0 Å². The summed E-state index contributed by atoms with van der Waals surface area (Å²) >= 11 is 0. The maximum absolute atomic E-state index is 10.3. The van der Waals surface area contributed by atoms with Gasteiger partial charge in [-0.2, -0.15) is 0 Å². The molecule has 0 amide bonds. The molecular weight excluding hydrogens is 226 g/mol. The van der Waals surface area contributed by atoms with E-state index in [1.54, 1.807) is 13.3 Å². The third kappa shape index (κ3) is 3.53. The van der Waals surface area contributed by atoms with E-state index in [1.807, 2.05) is 18.2 Å². The number of aliphatic hydroxyl groups is 1. The van der Waals surface area contributed by atoms with Crippen LogP contribution in [0, 0.1) is 5.92 Å². The number of ether oxygens (including phenoxy) is 1. The average Bonchev–Trinajstić information content (AvgIpc) is 2.42. The van der Waals surface area contributed by atoms with Gasteiger partial charge in [0.1, 0.15) is 0 Å². The Labute approximate surface area is 109 Å². The quantitative estimate of drug-likeness (QED) is 0.872. The first-order valence-corrected chi connectivity index (χ1v) is 6.92. The topological polar surface area (TPSA) is 42.4 Å². The third-order valence-electron chi connectivity index (χ3n) is 3.91. The van der Waals surface area contributed by atoms with Gasteiger partial charge in [0.15, 0.2) is 0 Å². The van der Waals surface area contributed by atoms with Gasteiger partial charge in [-0.15, -0.1) is 0 Å². The lowest BCUT2D eigenvalue weighted by molar-refractivity contribution is -0.0538. The minimum absolute atomic E-state index is 0.0488. The van der Waals surface area contributed by atoms with Crippen LogP contribution in [-0.2, 0) is 11.2 Å². The largest absolute Gasteiger partial charge is 0.390 e. The molecule has 1 fully saturated rings. The number of aliphatic hydroxyl groups excluding tert-OH is 1. The van der Waals surface area contributed by atoms with Crippen molar-refractivity contribution in [3.05, 3.63) is 30.1 Å². The fraction of sp³-hybridized carbons (Fsp3) is 0.667. The molecular formula is C15H23NO2. The molecule has 2 unspecified atom stereocenters. The molecule has 0 bridgehead atoms. The van der Waals surface area contributed by atoms with Crippen LogP contribution < -0.4 is 0 Å². The van der Waals surface area contributed by atoms with Gasteiger partial charge < -0.3 is 9.84 Å². The first-order chi connectivity index (χ1) is 8.81. The van der Waals surface area contributed by atoms with Gasteiger partial charge in [-0.3, -0.25) is 4.98 Å². The van der Waals surface area contributed by atoms with Crippen molar-refractivity contribution in [2.24, 2.45) is 5.92 Å². The van der Waals surface area contributed by atoms with Gasteiger partial charge in [-0.1, -0.05) is 25.3 Å². The van der Waals surface area contributed by atoms with Crippen LogP contribution in [0.4, 0.5) is 0 Å². The van der Waals surface area contributed by atoms with Gasteiger partial charge in [0.2, 0.25) is 0 Å². The standard InChI is InChI=1S/C15H23NO2/c1-18-15(12-7-3-2-4-8-12)14(17)11-13-9-5-6-10-16-13/h5-6,9-10,12,14-15,17H,2-4,7-8,11H2,1H3. The van der Waals surface area contributed by atoms with E-state index < -0.39 is 6.10 Å². The average molecular weight is 249 g/mol. The van der Waals surface area contributed by atoms with E-state index in [2.05, 4.69) is 4.98 Å². The van der Waals surface area contributed by atoms with Crippen molar-refractivity contribution < 1.29 is 9.84 Å². The maximum atomic E-state index is 10.3. The van der Waals surface area contributed by atoms with Crippen molar-refractivity contribution in [2.75, 3.05) is 7.11 Å². The maximum Gasteiger partial charge on any atom is 0.0862 e. The van der Waals surface area contributed by atoms with E-state index in [4.69, 9.17) is 4.74 Å². The zero-order chi connectivity index (χ0) is 12.8. The Balaban J connectivity index is 1.94. The summed E-state index contributed by atoms with van der Waals surface area (Å²) in [6.07, 6.45) is 8.06. The molecule has 100 valence electrons. The summed E-state index contributed by atoms with van der Waals surface area (Å²) < 4.78 is 5.55. The number of hydrogen-bond acceptors (Lipinski definition) is 3. The molecule has 2 rings (SSSR count). The van der Waals surface area contributed by atoms with Crippen LogP contribution in [0.15, 0.2) is 24.4 Å². The zero-order valence-electron chi connectivity index (χ0n) is 11.1. The second-order valence-electron chi connectivity index (χ2n) is 5.19. The Morgan fingerprint density at radius 1 is 1.33 bits per heavy atom. The molecule has 0 radical (unpaired) electrons. The van der Waals surface area contributed by atoms with Crippen LogP contribution in [0.5, 0.6) is 0 Å². The summed E-state index contributed by atoms with van der Waals surface area (Å²) in [4.78, 5) is 4.26. The lowest BCUT2D eigenvalue weighted by Gasteiger charge is -2.32. The van der Waals surface area contributed by atoms with Crippen molar-refractivity contribution in [1.82, 2.24) is 4.98 Å². The normalized spacial score (nSPS) is 20.6. The smallest absolute Gasteiger partial charge is 0.0862 e. The highest BCUT2D eigenvalue weighted by Gasteiger charge is 2.29. The molecule has 3 nitrogen and oxygen atoms in total. The Morgan fingerprint density at radius 3 is 2.72 bits per heavy atom. The molecule has 1 saturated carbocycles. The molecule has 0 spiro atoms. The van der Waals surface area contributed by atoms with Crippen LogP contribution in [0.1, 0.15) is 37.8 Å².